The molecule has 3 aromatic carbocycles. The topological polar surface area (TPSA) is 68.8 Å². The highest BCUT2D eigenvalue weighted by atomic mass is 16.5. The van der Waals surface area contributed by atoms with Crippen molar-refractivity contribution in [2.24, 2.45) is 0 Å². The molecule has 0 aliphatic heterocycles. The van der Waals surface area contributed by atoms with Crippen molar-refractivity contribution >= 4 is 5.91 Å². The van der Waals surface area contributed by atoms with Crippen molar-refractivity contribution in [3.63, 3.8) is 0 Å². The molecule has 0 saturated heterocycles. The third kappa shape index (κ3) is 5.77. The molecule has 0 radical (unpaired) electrons. The summed E-state index contributed by atoms with van der Waals surface area (Å²) in [6.07, 6.45) is 0. The molecule has 162 valence electrons. The van der Waals surface area contributed by atoms with Gasteiger partial charge in [0.2, 0.25) is 5.91 Å². The van der Waals surface area contributed by atoms with Gasteiger partial charge in [-0.2, -0.15) is 0 Å². The molecule has 31 heavy (non-hydrogen) atoms. The van der Waals surface area contributed by atoms with Crippen molar-refractivity contribution in [3.05, 3.63) is 89.5 Å². The smallest absolute Gasteiger partial charge is 0.234 e. The zero-order valence-electron chi connectivity index (χ0n) is 18.1. The van der Waals surface area contributed by atoms with E-state index in [2.05, 4.69) is 34.9 Å². The Bertz CT molecular complexity index is 938. The average Bonchev–Trinajstić information content (AvgIpc) is 2.83. The van der Waals surface area contributed by atoms with Gasteiger partial charge in [0.15, 0.2) is 11.5 Å². The number of ether oxygens (including phenoxy) is 3. The molecule has 3 rings (SSSR count). The average molecular weight is 421 g/mol. The summed E-state index contributed by atoms with van der Waals surface area (Å²) in [7, 11) is 4.72. The number of rotatable bonds is 10. The molecule has 0 saturated carbocycles. The maximum absolute atomic E-state index is 12.6. The van der Waals surface area contributed by atoms with Crippen LogP contribution in [0.3, 0.4) is 0 Å². The molecule has 0 fully saturated rings. The van der Waals surface area contributed by atoms with Crippen LogP contribution >= 0.6 is 0 Å². The zero-order valence-corrected chi connectivity index (χ0v) is 18.1. The number of hydrogen-bond donors (Lipinski definition) is 2. The van der Waals surface area contributed by atoms with Gasteiger partial charge in [-0.25, -0.2) is 0 Å². The lowest BCUT2D eigenvalue weighted by molar-refractivity contribution is -0.120. The van der Waals surface area contributed by atoms with Crippen LogP contribution in [-0.4, -0.2) is 33.8 Å². The Morgan fingerprint density at radius 2 is 1.29 bits per heavy atom. The molecule has 0 bridgehead atoms. The standard InChI is InChI=1S/C25H28N2O4/c1-29-21-15-23(31-3)22(30-2)14-20(21)16-26-24(28)17-27-25(18-10-6-4-7-11-18)19-12-8-5-9-13-19/h4-15,25,27H,16-17H2,1-3H3,(H,26,28). The molecular weight excluding hydrogens is 392 g/mol. The molecule has 0 atom stereocenters. The summed E-state index contributed by atoms with van der Waals surface area (Å²) >= 11 is 0. The van der Waals surface area contributed by atoms with E-state index in [0.29, 0.717) is 23.8 Å². The van der Waals surface area contributed by atoms with Crippen LogP contribution in [0.5, 0.6) is 17.2 Å². The summed E-state index contributed by atoms with van der Waals surface area (Å²) in [6.45, 7) is 0.482. The molecule has 2 N–H and O–H groups in total. The summed E-state index contributed by atoms with van der Waals surface area (Å²) in [4.78, 5) is 12.6. The second kappa shape index (κ2) is 11.0. The zero-order chi connectivity index (χ0) is 22.1. The summed E-state index contributed by atoms with van der Waals surface area (Å²) in [5.41, 5.74) is 3.00. The number of carbonyl (C=O) groups excluding carboxylic acids is 1. The van der Waals surface area contributed by atoms with Gasteiger partial charge in [0.1, 0.15) is 5.75 Å². The number of methoxy groups -OCH3 is 3. The quantitative estimate of drug-likeness (QED) is 0.523. The minimum absolute atomic E-state index is 0.0798. The van der Waals surface area contributed by atoms with Crippen molar-refractivity contribution in [1.29, 1.82) is 0 Å². The Morgan fingerprint density at radius 3 is 1.81 bits per heavy atom. The predicted molar refractivity (Wildman–Crippen MR) is 121 cm³/mol. The number of carbonyl (C=O) groups is 1. The van der Waals surface area contributed by atoms with E-state index in [-0.39, 0.29) is 18.5 Å². The van der Waals surface area contributed by atoms with Crippen LogP contribution in [0.4, 0.5) is 0 Å². The predicted octanol–water partition coefficient (Wildman–Crippen LogP) is 3.71. The van der Waals surface area contributed by atoms with E-state index in [1.54, 1.807) is 27.4 Å². The van der Waals surface area contributed by atoms with Crippen LogP contribution in [0, 0.1) is 0 Å². The third-order valence-electron chi connectivity index (χ3n) is 5.00. The second-order valence-corrected chi connectivity index (χ2v) is 6.93. The van der Waals surface area contributed by atoms with E-state index in [1.165, 1.54) is 0 Å². The number of nitrogens with one attached hydrogen (secondary N) is 2. The van der Waals surface area contributed by atoms with Crippen LogP contribution in [0.25, 0.3) is 0 Å². The highest BCUT2D eigenvalue weighted by Crippen LogP contribution is 2.34. The molecule has 0 heterocycles. The Morgan fingerprint density at radius 1 is 0.774 bits per heavy atom. The summed E-state index contributed by atoms with van der Waals surface area (Å²) in [5, 5.41) is 6.31. The molecule has 0 aromatic heterocycles. The summed E-state index contributed by atoms with van der Waals surface area (Å²) in [5.74, 6) is 1.66. The lowest BCUT2D eigenvalue weighted by atomic mass is 9.99. The van der Waals surface area contributed by atoms with E-state index in [9.17, 15) is 4.79 Å². The largest absolute Gasteiger partial charge is 0.496 e. The van der Waals surface area contributed by atoms with Gasteiger partial charge in [-0.15, -0.1) is 0 Å². The van der Waals surface area contributed by atoms with Crippen LogP contribution < -0.4 is 24.8 Å². The van der Waals surface area contributed by atoms with Gasteiger partial charge in [-0.3, -0.25) is 10.1 Å². The molecule has 0 unspecified atom stereocenters. The Kier molecular flexibility index (Phi) is 7.90. The van der Waals surface area contributed by atoms with E-state index >= 15 is 0 Å². The Hall–Kier alpha value is -3.51. The molecular formula is C25H28N2O4. The van der Waals surface area contributed by atoms with Crippen molar-refractivity contribution in [3.8, 4) is 17.2 Å². The fourth-order valence-corrected chi connectivity index (χ4v) is 3.40. The first kappa shape index (κ1) is 22.2. The van der Waals surface area contributed by atoms with Crippen LogP contribution in [0.15, 0.2) is 72.8 Å². The fraction of sp³-hybridized carbons (Fsp3) is 0.240. The number of benzene rings is 3. The highest BCUT2D eigenvalue weighted by molar-refractivity contribution is 5.78. The van der Waals surface area contributed by atoms with E-state index in [4.69, 9.17) is 14.2 Å². The molecule has 1 amide bonds. The first-order valence-electron chi connectivity index (χ1n) is 10.0. The third-order valence-corrected chi connectivity index (χ3v) is 5.00. The van der Waals surface area contributed by atoms with E-state index in [1.807, 2.05) is 42.5 Å². The van der Waals surface area contributed by atoms with Crippen LogP contribution in [0.2, 0.25) is 0 Å². The highest BCUT2D eigenvalue weighted by Gasteiger charge is 2.16. The Labute approximate surface area is 183 Å². The van der Waals surface area contributed by atoms with Crippen LogP contribution in [0.1, 0.15) is 22.7 Å². The SMILES string of the molecule is COc1cc(OC)c(OC)cc1CNC(=O)CNC(c1ccccc1)c1ccccc1. The van der Waals surface area contributed by atoms with Gasteiger partial charge < -0.3 is 19.5 Å². The first-order chi connectivity index (χ1) is 15.2. The summed E-state index contributed by atoms with van der Waals surface area (Å²) < 4.78 is 16.1. The lowest BCUT2D eigenvalue weighted by Crippen LogP contribution is -2.35. The maximum Gasteiger partial charge on any atom is 0.234 e. The normalized spacial score (nSPS) is 10.6. The second-order valence-electron chi connectivity index (χ2n) is 6.93. The van der Waals surface area contributed by atoms with Gasteiger partial charge in [-0.1, -0.05) is 60.7 Å². The number of amides is 1. The van der Waals surface area contributed by atoms with Crippen molar-refractivity contribution in [2.45, 2.75) is 12.6 Å². The minimum atomic E-state index is -0.117. The van der Waals surface area contributed by atoms with Crippen molar-refractivity contribution in [2.75, 3.05) is 27.9 Å². The Balaban J connectivity index is 1.66. The molecule has 3 aromatic rings. The first-order valence-corrected chi connectivity index (χ1v) is 10.0. The van der Waals surface area contributed by atoms with Crippen molar-refractivity contribution in [1.82, 2.24) is 10.6 Å². The van der Waals surface area contributed by atoms with Crippen LogP contribution in [-0.2, 0) is 11.3 Å². The van der Waals surface area contributed by atoms with Gasteiger partial charge in [0.25, 0.3) is 0 Å². The van der Waals surface area contributed by atoms with Crippen molar-refractivity contribution < 1.29 is 19.0 Å². The van der Waals surface area contributed by atoms with Gasteiger partial charge in [0, 0.05) is 18.2 Å². The molecule has 6 heteroatoms. The molecule has 0 aliphatic rings. The van der Waals surface area contributed by atoms with Gasteiger partial charge >= 0.3 is 0 Å². The minimum Gasteiger partial charge on any atom is -0.496 e. The van der Waals surface area contributed by atoms with Gasteiger partial charge in [0.05, 0.1) is 33.9 Å². The number of hydrogen-bond acceptors (Lipinski definition) is 5. The molecule has 0 spiro atoms. The van der Waals surface area contributed by atoms with E-state index < -0.39 is 0 Å². The van der Waals surface area contributed by atoms with E-state index in [0.717, 1.165) is 16.7 Å². The summed E-state index contributed by atoms with van der Waals surface area (Å²) in [6, 6.07) is 23.6. The van der Waals surface area contributed by atoms with Gasteiger partial charge in [-0.05, 0) is 17.2 Å². The lowest BCUT2D eigenvalue weighted by Gasteiger charge is -2.20. The molecule has 0 aliphatic carbocycles. The fourth-order valence-electron chi connectivity index (χ4n) is 3.40. The maximum atomic E-state index is 12.6. The molecule has 6 nitrogen and oxygen atoms in total. The monoisotopic (exact) mass is 420 g/mol.